The van der Waals surface area contributed by atoms with E-state index in [1.807, 2.05) is 11.7 Å². The molecule has 1 saturated carbocycles. The van der Waals surface area contributed by atoms with Crippen LogP contribution in [0.2, 0.25) is 5.02 Å². The number of rotatable bonds is 8. The largest absolute Gasteiger partial charge is 0.385 e. The molecule has 4 nitrogen and oxygen atoms in total. The first kappa shape index (κ1) is 14.8. The lowest BCUT2D eigenvalue weighted by atomic mass is 10.0. The highest BCUT2D eigenvalue weighted by molar-refractivity contribution is 6.31. The molecule has 1 aliphatic carbocycles. The van der Waals surface area contributed by atoms with Gasteiger partial charge in [0, 0.05) is 33.9 Å². The molecular weight excluding hydrogens is 262 g/mol. The van der Waals surface area contributed by atoms with Gasteiger partial charge in [-0.2, -0.15) is 5.10 Å². The van der Waals surface area contributed by atoms with Crippen LogP contribution in [0.5, 0.6) is 0 Å². The minimum atomic E-state index is 0.467. The van der Waals surface area contributed by atoms with Crippen LogP contribution in [0.1, 0.15) is 37.6 Å². The molecule has 1 aliphatic rings. The molecule has 1 aromatic rings. The van der Waals surface area contributed by atoms with Gasteiger partial charge in [0.25, 0.3) is 0 Å². The normalized spacial score (nSPS) is 16.8. The fraction of sp³-hybridized carbons (Fsp3) is 0.786. The van der Waals surface area contributed by atoms with Crippen molar-refractivity contribution in [3.63, 3.8) is 0 Å². The Balaban J connectivity index is 1.84. The average molecular weight is 286 g/mol. The molecule has 0 atom stereocenters. The van der Waals surface area contributed by atoms with Crippen molar-refractivity contribution in [2.75, 3.05) is 20.3 Å². The van der Waals surface area contributed by atoms with Gasteiger partial charge in [-0.25, -0.2) is 0 Å². The molecule has 19 heavy (non-hydrogen) atoms. The van der Waals surface area contributed by atoms with Crippen LogP contribution in [-0.4, -0.2) is 30.0 Å². The number of nitrogens with zero attached hydrogens (tertiary/aromatic N) is 2. The van der Waals surface area contributed by atoms with Crippen molar-refractivity contribution >= 4 is 11.6 Å². The summed E-state index contributed by atoms with van der Waals surface area (Å²) in [6.07, 6.45) is 4.64. The van der Waals surface area contributed by atoms with E-state index < -0.39 is 0 Å². The molecule has 1 N–H and O–H groups in total. The fourth-order valence-corrected chi connectivity index (χ4v) is 2.83. The first-order valence-electron chi connectivity index (χ1n) is 7.02. The lowest BCUT2D eigenvalue weighted by Gasteiger charge is -2.15. The predicted octanol–water partition coefficient (Wildman–Crippen LogP) is 2.54. The number of halogens is 1. The summed E-state index contributed by atoms with van der Waals surface area (Å²) in [5.74, 6) is 0. The highest BCUT2D eigenvalue weighted by Crippen LogP contribution is 2.48. The van der Waals surface area contributed by atoms with Gasteiger partial charge in [0.2, 0.25) is 0 Å². The molecule has 1 heterocycles. The molecule has 0 spiro atoms. The lowest BCUT2D eigenvalue weighted by molar-refractivity contribution is 0.171. The number of hydrogen-bond donors (Lipinski definition) is 1. The zero-order valence-electron chi connectivity index (χ0n) is 12.1. The van der Waals surface area contributed by atoms with E-state index in [1.165, 1.54) is 12.8 Å². The molecule has 0 amide bonds. The average Bonchev–Trinajstić information content (AvgIpc) is 3.12. The van der Waals surface area contributed by atoms with E-state index >= 15 is 0 Å². The summed E-state index contributed by atoms with van der Waals surface area (Å²) in [6.45, 7) is 4.76. The summed E-state index contributed by atoms with van der Waals surface area (Å²) < 4.78 is 7.07. The molecule has 0 saturated heterocycles. The third-order valence-electron chi connectivity index (χ3n) is 4.09. The molecule has 1 aromatic heterocycles. The number of ether oxygens (including phenoxy) is 1. The third kappa shape index (κ3) is 3.50. The van der Waals surface area contributed by atoms with E-state index in [0.717, 1.165) is 48.9 Å². The highest BCUT2D eigenvalue weighted by Gasteiger charge is 2.41. The van der Waals surface area contributed by atoms with E-state index in [2.05, 4.69) is 17.3 Å². The molecule has 5 heteroatoms. The predicted molar refractivity (Wildman–Crippen MR) is 77.5 cm³/mol. The Morgan fingerprint density at radius 1 is 1.47 bits per heavy atom. The van der Waals surface area contributed by atoms with Crippen LogP contribution in [0.3, 0.4) is 0 Å². The summed E-state index contributed by atoms with van der Waals surface area (Å²) in [7, 11) is 3.73. The Labute approximate surface area is 120 Å². The van der Waals surface area contributed by atoms with E-state index in [-0.39, 0.29) is 0 Å². The van der Waals surface area contributed by atoms with Crippen molar-refractivity contribution in [3.8, 4) is 0 Å². The molecule has 108 valence electrons. The van der Waals surface area contributed by atoms with Gasteiger partial charge in [-0.05, 0) is 31.1 Å². The summed E-state index contributed by atoms with van der Waals surface area (Å²) in [4.78, 5) is 0. The fourth-order valence-electron chi connectivity index (χ4n) is 2.47. The van der Waals surface area contributed by atoms with Crippen LogP contribution < -0.4 is 5.32 Å². The number of aryl methyl sites for hydroxylation is 2. The number of aromatic nitrogens is 2. The van der Waals surface area contributed by atoms with Crippen molar-refractivity contribution in [2.24, 2.45) is 12.5 Å². The number of nitrogens with one attached hydrogen (secondary N) is 1. The molecule has 0 unspecified atom stereocenters. The van der Waals surface area contributed by atoms with Gasteiger partial charge in [-0.15, -0.1) is 0 Å². The smallest absolute Gasteiger partial charge is 0.0863 e. The zero-order chi connectivity index (χ0) is 13.9. The van der Waals surface area contributed by atoms with E-state index in [9.17, 15) is 0 Å². The Bertz CT molecular complexity index is 427. The quantitative estimate of drug-likeness (QED) is 0.798. The minimum Gasteiger partial charge on any atom is -0.385 e. The van der Waals surface area contributed by atoms with Crippen LogP contribution in [-0.2, 0) is 24.8 Å². The van der Waals surface area contributed by atoms with Crippen molar-refractivity contribution < 1.29 is 4.74 Å². The summed E-state index contributed by atoms with van der Waals surface area (Å²) in [6, 6.07) is 0. The first-order valence-corrected chi connectivity index (χ1v) is 7.39. The van der Waals surface area contributed by atoms with Gasteiger partial charge in [-0.1, -0.05) is 18.5 Å². The van der Waals surface area contributed by atoms with Crippen LogP contribution in [0, 0.1) is 5.41 Å². The van der Waals surface area contributed by atoms with Gasteiger partial charge in [-0.3, -0.25) is 4.68 Å². The molecule has 2 rings (SSSR count). The zero-order valence-corrected chi connectivity index (χ0v) is 12.9. The van der Waals surface area contributed by atoms with Crippen molar-refractivity contribution in [2.45, 2.75) is 39.2 Å². The topological polar surface area (TPSA) is 39.1 Å². The minimum absolute atomic E-state index is 0.467. The van der Waals surface area contributed by atoms with Gasteiger partial charge in [0.1, 0.15) is 0 Å². The number of methoxy groups -OCH3 is 1. The van der Waals surface area contributed by atoms with Crippen LogP contribution in [0.25, 0.3) is 0 Å². The van der Waals surface area contributed by atoms with Crippen molar-refractivity contribution in [1.29, 1.82) is 0 Å². The Kier molecular flexibility index (Phi) is 4.87. The van der Waals surface area contributed by atoms with Gasteiger partial charge >= 0.3 is 0 Å². The third-order valence-corrected chi connectivity index (χ3v) is 4.53. The summed E-state index contributed by atoms with van der Waals surface area (Å²) in [5.41, 5.74) is 2.54. The molecule has 1 fully saturated rings. The number of hydrogen-bond acceptors (Lipinski definition) is 3. The van der Waals surface area contributed by atoms with E-state index in [0.29, 0.717) is 5.41 Å². The van der Waals surface area contributed by atoms with Crippen LogP contribution in [0.4, 0.5) is 0 Å². The standard InChI is InChI=1S/C14H24ClN3O/c1-4-11-13(15)12(18(2)17-11)9-16-10-14(5-6-14)7-8-19-3/h16H,4-10H2,1-3H3. The maximum atomic E-state index is 6.34. The maximum Gasteiger partial charge on any atom is 0.0863 e. The van der Waals surface area contributed by atoms with Crippen LogP contribution >= 0.6 is 11.6 Å². The SMILES string of the molecule is CCc1nn(C)c(CNCC2(CCOC)CC2)c1Cl. The Morgan fingerprint density at radius 2 is 2.21 bits per heavy atom. The second-order valence-electron chi connectivity index (χ2n) is 5.53. The second-order valence-corrected chi connectivity index (χ2v) is 5.91. The van der Waals surface area contributed by atoms with Gasteiger partial charge < -0.3 is 10.1 Å². The molecule has 0 aromatic carbocycles. The first-order chi connectivity index (χ1) is 9.12. The van der Waals surface area contributed by atoms with Crippen LogP contribution in [0.15, 0.2) is 0 Å². The monoisotopic (exact) mass is 285 g/mol. The molecule has 0 radical (unpaired) electrons. The molecule has 0 bridgehead atoms. The Morgan fingerprint density at radius 3 is 2.74 bits per heavy atom. The van der Waals surface area contributed by atoms with Gasteiger partial charge in [0.05, 0.1) is 16.4 Å². The highest BCUT2D eigenvalue weighted by atomic mass is 35.5. The lowest BCUT2D eigenvalue weighted by Crippen LogP contribution is -2.25. The van der Waals surface area contributed by atoms with E-state index in [1.54, 1.807) is 7.11 Å². The van der Waals surface area contributed by atoms with Gasteiger partial charge in [0.15, 0.2) is 0 Å². The Hall–Kier alpha value is -0.580. The summed E-state index contributed by atoms with van der Waals surface area (Å²) >= 11 is 6.34. The summed E-state index contributed by atoms with van der Waals surface area (Å²) in [5, 5.41) is 8.78. The second kappa shape index (κ2) is 6.25. The van der Waals surface area contributed by atoms with Crippen molar-refractivity contribution in [1.82, 2.24) is 15.1 Å². The maximum absolute atomic E-state index is 6.34. The molecular formula is C14H24ClN3O. The van der Waals surface area contributed by atoms with E-state index in [4.69, 9.17) is 16.3 Å². The molecule has 0 aliphatic heterocycles. The van der Waals surface area contributed by atoms with Crippen molar-refractivity contribution in [3.05, 3.63) is 16.4 Å².